The first-order chi connectivity index (χ1) is 13.2. The maximum absolute atomic E-state index is 5.75. The van der Waals surface area contributed by atoms with Crippen LogP contribution in [0.1, 0.15) is 31.9 Å². The van der Waals surface area contributed by atoms with Gasteiger partial charge >= 0.3 is 0 Å². The summed E-state index contributed by atoms with van der Waals surface area (Å²) < 4.78 is 13.6. The molecule has 6 heteroatoms. The molecule has 1 saturated heterocycles. The minimum Gasteiger partial charge on any atom is -0.496 e. The van der Waals surface area contributed by atoms with Crippen LogP contribution in [0.5, 0.6) is 5.75 Å². The Kier molecular flexibility index (Phi) is 6.88. The van der Waals surface area contributed by atoms with Gasteiger partial charge in [-0.3, -0.25) is 4.90 Å². The Morgan fingerprint density at radius 2 is 2.07 bits per heavy atom. The van der Waals surface area contributed by atoms with Gasteiger partial charge in [0.2, 0.25) is 0 Å². The number of nitrogens with zero attached hydrogens (tertiary/aromatic N) is 3. The highest BCUT2D eigenvalue weighted by Gasteiger charge is 2.28. The average Bonchev–Trinajstić information content (AvgIpc) is 3.21. The zero-order valence-corrected chi connectivity index (χ0v) is 16.9. The molecule has 0 spiro atoms. The SMILES string of the molecule is CCN(CC)Cc1cc(-c2nccn2[C@@H]2CNCC[C@@H]2OC)ccc1OC. The number of methoxy groups -OCH3 is 2. The summed E-state index contributed by atoms with van der Waals surface area (Å²) in [6, 6.07) is 6.62. The second-order valence-corrected chi connectivity index (χ2v) is 6.98. The van der Waals surface area contributed by atoms with Gasteiger partial charge in [-0.1, -0.05) is 13.8 Å². The van der Waals surface area contributed by atoms with Crippen LogP contribution in [-0.4, -0.2) is 61.0 Å². The summed E-state index contributed by atoms with van der Waals surface area (Å²) in [7, 11) is 3.54. The molecule has 1 aliphatic heterocycles. The molecule has 6 nitrogen and oxygen atoms in total. The summed E-state index contributed by atoms with van der Waals surface area (Å²) in [5, 5.41) is 3.48. The quantitative estimate of drug-likeness (QED) is 0.772. The topological polar surface area (TPSA) is 51.6 Å². The molecule has 0 radical (unpaired) electrons. The first-order valence-corrected chi connectivity index (χ1v) is 9.87. The van der Waals surface area contributed by atoms with Crippen molar-refractivity contribution in [1.82, 2.24) is 19.8 Å². The Morgan fingerprint density at radius 1 is 1.26 bits per heavy atom. The summed E-state index contributed by atoms with van der Waals surface area (Å²) in [5.41, 5.74) is 2.31. The van der Waals surface area contributed by atoms with Crippen LogP contribution in [0.2, 0.25) is 0 Å². The minimum absolute atomic E-state index is 0.201. The monoisotopic (exact) mass is 372 g/mol. The molecular formula is C21H32N4O2. The van der Waals surface area contributed by atoms with E-state index in [1.165, 1.54) is 5.56 Å². The van der Waals surface area contributed by atoms with Crippen molar-refractivity contribution in [2.24, 2.45) is 0 Å². The van der Waals surface area contributed by atoms with E-state index in [2.05, 4.69) is 58.0 Å². The van der Waals surface area contributed by atoms with Gasteiger partial charge in [0, 0.05) is 43.7 Å². The standard InChI is InChI=1S/C21H32N4O2/c1-5-24(6-2)15-17-13-16(7-8-19(17)26-3)21-23-11-12-25(21)18-14-22-10-9-20(18)27-4/h7-8,11-13,18,20,22H,5-6,9-10,14-15H2,1-4H3/t18-,20+/m1/s1. The van der Waals surface area contributed by atoms with E-state index in [-0.39, 0.29) is 12.1 Å². The Balaban J connectivity index is 1.94. The highest BCUT2D eigenvalue weighted by molar-refractivity contribution is 5.59. The van der Waals surface area contributed by atoms with E-state index >= 15 is 0 Å². The molecule has 2 heterocycles. The van der Waals surface area contributed by atoms with E-state index in [0.29, 0.717) is 0 Å². The number of nitrogens with one attached hydrogen (secondary N) is 1. The number of hydrogen-bond acceptors (Lipinski definition) is 5. The zero-order valence-electron chi connectivity index (χ0n) is 16.9. The summed E-state index contributed by atoms with van der Waals surface area (Å²) in [6.07, 6.45) is 5.15. The predicted molar refractivity (Wildman–Crippen MR) is 108 cm³/mol. The average molecular weight is 373 g/mol. The molecule has 1 aromatic heterocycles. The third-order valence-electron chi connectivity index (χ3n) is 5.54. The van der Waals surface area contributed by atoms with Gasteiger partial charge < -0.3 is 19.4 Å². The van der Waals surface area contributed by atoms with Gasteiger partial charge in [-0.2, -0.15) is 0 Å². The molecule has 1 aliphatic rings. The van der Waals surface area contributed by atoms with Crippen molar-refractivity contribution in [1.29, 1.82) is 0 Å². The van der Waals surface area contributed by atoms with Crippen LogP contribution in [0.4, 0.5) is 0 Å². The van der Waals surface area contributed by atoms with Gasteiger partial charge in [0.05, 0.1) is 19.3 Å². The molecule has 27 heavy (non-hydrogen) atoms. The van der Waals surface area contributed by atoms with Gasteiger partial charge in [0.15, 0.2) is 0 Å². The Morgan fingerprint density at radius 3 is 2.78 bits per heavy atom. The first kappa shape index (κ1) is 19.9. The highest BCUT2D eigenvalue weighted by atomic mass is 16.5. The number of hydrogen-bond donors (Lipinski definition) is 1. The second-order valence-electron chi connectivity index (χ2n) is 6.98. The molecule has 0 aliphatic carbocycles. The Bertz CT molecular complexity index is 727. The molecule has 2 atom stereocenters. The van der Waals surface area contributed by atoms with E-state index in [4.69, 9.17) is 9.47 Å². The van der Waals surface area contributed by atoms with Crippen molar-refractivity contribution in [3.05, 3.63) is 36.2 Å². The van der Waals surface area contributed by atoms with Crippen LogP contribution in [0.25, 0.3) is 11.4 Å². The number of benzene rings is 1. The molecule has 0 unspecified atom stereocenters. The lowest BCUT2D eigenvalue weighted by atomic mass is 10.0. The van der Waals surface area contributed by atoms with Crippen LogP contribution in [0.15, 0.2) is 30.6 Å². The fourth-order valence-electron chi connectivity index (χ4n) is 3.90. The maximum atomic E-state index is 5.75. The lowest BCUT2D eigenvalue weighted by molar-refractivity contribution is 0.0365. The second kappa shape index (κ2) is 9.35. The van der Waals surface area contributed by atoms with Crippen LogP contribution >= 0.6 is 0 Å². The highest BCUT2D eigenvalue weighted by Crippen LogP contribution is 2.30. The molecule has 1 aromatic carbocycles. The van der Waals surface area contributed by atoms with Gasteiger partial charge in [-0.05, 0) is 44.3 Å². The smallest absolute Gasteiger partial charge is 0.140 e. The number of rotatable bonds is 8. The van der Waals surface area contributed by atoms with E-state index in [9.17, 15) is 0 Å². The predicted octanol–water partition coefficient (Wildman–Crippen LogP) is 2.95. The molecule has 0 bridgehead atoms. The van der Waals surface area contributed by atoms with Crippen molar-refractivity contribution in [3.8, 4) is 17.1 Å². The molecule has 1 N–H and O–H groups in total. The summed E-state index contributed by atoms with van der Waals surface area (Å²) >= 11 is 0. The van der Waals surface area contributed by atoms with E-state index in [1.807, 2.05) is 6.20 Å². The first-order valence-electron chi connectivity index (χ1n) is 9.87. The van der Waals surface area contributed by atoms with Gasteiger partial charge in [0.1, 0.15) is 11.6 Å². The lowest BCUT2D eigenvalue weighted by Crippen LogP contribution is -2.42. The van der Waals surface area contributed by atoms with Crippen LogP contribution < -0.4 is 10.1 Å². The Hall–Kier alpha value is -1.89. The molecule has 1 fully saturated rings. The fraction of sp³-hybridized carbons (Fsp3) is 0.571. The van der Waals surface area contributed by atoms with Crippen LogP contribution in [-0.2, 0) is 11.3 Å². The Labute approximate surface area is 162 Å². The molecule has 3 rings (SSSR count). The van der Waals surface area contributed by atoms with Gasteiger partial charge in [0.25, 0.3) is 0 Å². The summed E-state index contributed by atoms with van der Waals surface area (Å²) in [5.74, 6) is 1.91. The molecule has 0 saturated carbocycles. The normalized spacial score (nSPS) is 20.2. The van der Waals surface area contributed by atoms with Crippen molar-refractivity contribution < 1.29 is 9.47 Å². The number of ether oxygens (including phenoxy) is 2. The molecular weight excluding hydrogens is 340 g/mol. The van der Waals surface area contributed by atoms with E-state index < -0.39 is 0 Å². The third-order valence-corrected chi connectivity index (χ3v) is 5.54. The van der Waals surface area contributed by atoms with Crippen molar-refractivity contribution >= 4 is 0 Å². The van der Waals surface area contributed by atoms with Crippen molar-refractivity contribution in [2.45, 2.75) is 39.0 Å². The summed E-state index contributed by atoms with van der Waals surface area (Å²) in [4.78, 5) is 7.06. The third kappa shape index (κ3) is 4.34. The lowest BCUT2D eigenvalue weighted by Gasteiger charge is -2.33. The number of piperidine rings is 1. The fourth-order valence-corrected chi connectivity index (χ4v) is 3.90. The number of aromatic nitrogens is 2. The molecule has 0 amide bonds. The minimum atomic E-state index is 0.201. The largest absolute Gasteiger partial charge is 0.496 e. The molecule has 2 aromatic rings. The van der Waals surface area contributed by atoms with Gasteiger partial charge in [-0.25, -0.2) is 4.98 Å². The molecule has 148 valence electrons. The van der Waals surface area contributed by atoms with Crippen molar-refractivity contribution in [2.75, 3.05) is 40.4 Å². The summed E-state index contributed by atoms with van der Waals surface area (Å²) in [6.45, 7) is 9.17. The van der Waals surface area contributed by atoms with Gasteiger partial charge in [-0.15, -0.1) is 0 Å². The van der Waals surface area contributed by atoms with Crippen LogP contribution in [0.3, 0.4) is 0 Å². The van der Waals surface area contributed by atoms with E-state index in [0.717, 1.165) is 56.3 Å². The van der Waals surface area contributed by atoms with Crippen LogP contribution in [0, 0.1) is 0 Å². The zero-order chi connectivity index (χ0) is 19.2. The number of imidazole rings is 1. The van der Waals surface area contributed by atoms with Crippen molar-refractivity contribution in [3.63, 3.8) is 0 Å². The maximum Gasteiger partial charge on any atom is 0.140 e. The van der Waals surface area contributed by atoms with E-state index in [1.54, 1.807) is 14.2 Å².